The third-order valence-corrected chi connectivity index (χ3v) is 4.15. The average molecular weight is 372 g/mol. The zero-order valence-corrected chi connectivity index (χ0v) is 14.0. The van der Waals surface area contributed by atoms with Crippen molar-refractivity contribution in [3.8, 4) is 6.07 Å². The lowest BCUT2D eigenvalue weighted by molar-refractivity contribution is -0.137. The number of carbonyl (C=O) groups excluding carboxylic acids is 1. The Hall–Kier alpha value is -3.34. The Morgan fingerprint density at radius 1 is 1.44 bits per heavy atom. The number of nitrogens with one attached hydrogen (secondary N) is 2. The maximum atomic E-state index is 12.9. The van der Waals surface area contributed by atoms with Gasteiger partial charge in [0.25, 0.3) is 5.91 Å². The van der Waals surface area contributed by atoms with Crippen LogP contribution in [0.15, 0.2) is 48.3 Å². The van der Waals surface area contributed by atoms with Gasteiger partial charge in [-0.3, -0.25) is 4.79 Å². The summed E-state index contributed by atoms with van der Waals surface area (Å²) in [6, 6.07) is 2.74. The molecule has 1 unspecified atom stereocenters. The predicted octanol–water partition coefficient (Wildman–Crippen LogP) is 3.74. The molecule has 2 heterocycles. The number of fused-ring (bicyclic) bond motifs is 1. The second-order valence-electron chi connectivity index (χ2n) is 6.05. The number of allylic oxidation sites excluding steroid dienone is 3. The van der Waals surface area contributed by atoms with Gasteiger partial charge in [0.2, 0.25) is 0 Å². The molecule has 0 radical (unpaired) electrons. The first-order valence-corrected chi connectivity index (χ1v) is 8.16. The quantitative estimate of drug-likeness (QED) is 0.634. The largest absolute Gasteiger partial charge is 0.417 e. The summed E-state index contributed by atoms with van der Waals surface area (Å²) in [4.78, 5) is 18.7. The van der Waals surface area contributed by atoms with Crippen molar-refractivity contribution in [3.05, 3.63) is 59.5 Å². The van der Waals surface area contributed by atoms with Crippen LogP contribution < -0.4 is 5.32 Å². The Kier molecular flexibility index (Phi) is 5.12. The molecule has 0 aliphatic heterocycles. The highest BCUT2D eigenvalue weighted by molar-refractivity contribution is 6.03. The average Bonchev–Trinajstić information content (AvgIpc) is 3.06. The van der Waals surface area contributed by atoms with Crippen molar-refractivity contribution < 1.29 is 18.0 Å². The molecule has 1 aliphatic rings. The Morgan fingerprint density at radius 2 is 2.26 bits per heavy atom. The van der Waals surface area contributed by atoms with E-state index in [1.165, 1.54) is 12.3 Å². The predicted molar refractivity (Wildman–Crippen MR) is 94.1 cm³/mol. The van der Waals surface area contributed by atoms with E-state index in [1.807, 2.05) is 24.3 Å². The van der Waals surface area contributed by atoms with Crippen molar-refractivity contribution in [2.45, 2.75) is 12.6 Å². The molecule has 8 heteroatoms. The molecule has 1 aliphatic carbocycles. The number of aromatic nitrogens is 2. The minimum absolute atomic E-state index is 0.144. The fourth-order valence-electron chi connectivity index (χ4n) is 2.70. The van der Waals surface area contributed by atoms with E-state index < -0.39 is 17.6 Å². The Bertz CT molecular complexity index is 993. The van der Waals surface area contributed by atoms with Crippen LogP contribution in [-0.2, 0) is 11.0 Å². The highest BCUT2D eigenvalue weighted by Crippen LogP contribution is 2.31. The topological polar surface area (TPSA) is 81.6 Å². The number of nitrogens with zero attached hydrogens (tertiary/aromatic N) is 2. The van der Waals surface area contributed by atoms with E-state index in [2.05, 4.69) is 15.3 Å². The van der Waals surface area contributed by atoms with Crippen LogP contribution in [0.5, 0.6) is 0 Å². The summed E-state index contributed by atoms with van der Waals surface area (Å²) in [5.74, 6) is -0.430. The number of halogens is 3. The number of rotatable bonds is 4. The van der Waals surface area contributed by atoms with Crippen LogP contribution in [0.3, 0.4) is 0 Å². The van der Waals surface area contributed by atoms with Gasteiger partial charge >= 0.3 is 6.18 Å². The van der Waals surface area contributed by atoms with Gasteiger partial charge in [-0.05, 0) is 24.5 Å². The van der Waals surface area contributed by atoms with E-state index >= 15 is 0 Å². The number of nitriles is 1. The van der Waals surface area contributed by atoms with Gasteiger partial charge < -0.3 is 10.3 Å². The summed E-state index contributed by atoms with van der Waals surface area (Å²) >= 11 is 0. The second-order valence-corrected chi connectivity index (χ2v) is 6.05. The summed E-state index contributed by atoms with van der Waals surface area (Å²) in [5.41, 5.74) is -0.560. The van der Waals surface area contributed by atoms with Crippen LogP contribution in [0.25, 0.3) is 17.1 Å². The molecule has 27 heavy (non-hydrogen) atoms. The first-order valence-electron chi connectivity index (χ1n) is 8.16. The monoisotopic (exact) mass is 372 g/mol. The number of alkyl halides is 3. The molecule has 3 rings (SSSR count). The zero-order valence-electron chi connectivity index (χ0n) is 14.0. The van der Waals surface area contributed by atoms with Crippen LogP contribution in [0.2, 0.25) is 0 Å². The lowest BCUT2D eigenvalue weighted by Gasteiger charge is -2.13. The molecule has 0 saturated heterocycles. The lowest BCUT2D eigenvalue weighted by atomic mass is 10.0. The fraction of sp³-hybridized carbons (Fsp3) is 0.211. The summed E-state index contributed by atoms with van der Waals surface area (Å²) in [5, 5.41) is 12.1. The molecule has 2 aromatic heterocycles. The Balaban J connectivity index is 1.82. The number of amides is 1. The van der Waals surface area contributed by atoms with E-state index in [0.717, 1.165) is 18.7 Å². The smallest absolute Gasteiger partial charge is 0.351 e. The van der Waals surface area contributed by atoms with Gasteiger partial charge in [0.15, 0.2) is 0 Å². The van der Waals surface area contributed by atoms with Crippen LogP contribution in [0, 0.1) is 17.2 Å². The molecule has 0 bridgehead atoms. The summed E-state index contributed by atoms with van der Waals surface area (Å²) in [6.45, 7) is 0.367. The Morgan fingerprint density at radius 3 is 2.93 bits per heavy atom. The molecule has 5 nitrogen and oxygen atoms in total. The van der Waals surface area contributed by atoms with E-state index in [0.29, 0.717) is 6.54 Å². The molecule has 2 aromatic rings. The third kappa shape index (κ3) is 4.26. The van der Waals surface area contributed by atoms with Crippen molar-refractivity contribution in [2.24, 2.45) is 5.92 Å². The van der Waals surface area contributed by atoms with E-state index in [9.17, 15) is 23.2 Å². The van der Waals surface area contributed by atoms with Gasteiger partial charge in [-0.1, -0.05) is 24.3 Å². The van der Waals surface area contributed by atoms with Gasteiger partial charge in [0, 0.05) is 29.9 Å². The fourth-order valence-corrected chi connectivity index (χ4v) is 2.70. The summed E-state index contributed by atoms with van der Waals surface area (Å²) in [6.07, 6.45) is 7.40. The first kappa shape index (κ1) is 18.5. The van der Waals surface area contributed by atoms with Crippen LogP contribution in [0.1, 0.15) is 17.5 Å². The lowest BCUT2D eigenvalue weighted by Crippen LogP contribution is -2.29. The molecule has 2 N–H and O–H groups in total. The van der Waals surface area contributed by atoms with Crippen molar-refractivity contribution in [3.63, 3.8) is 0 Å². The molecule has 1 amide bonds. The number of aromatic amines is 1. The van der Waals surface area contributed by atoms with E-state index in [4.69, 9.17) is 0 Å². The van der Waals surface area contributed by atoms with Gasteiger partial charge in [0.1, 0.15) is 17.3 Å². The number of H-pyrrole nitrogens is 1. The van der Waals surface area contributed by atoms with Gasteiger partial charge in [0.05, 0.1) is 5.56 Å². The molecular formula is C19H15F3N4O. The number of pyridine rings is 1. The van der Waals surface area contributed by atoms with Gasteiger partial charge in [-0.2, -0.15) is 18.4 Å². The minimum Gasteiger partial charge on any atom is -0.351 e. The summed E-state index contributed by atoms with van der Waals surface area (Å²) < 4.78 is 38.7. The first-order chi connectivity index (χ1) is 12.9. The third-order valence-electron chi connectivity index (χ3n) is 4.15. The summed E-state index contributed by atoms with van der Waals surface area (Å²) in [7, 11) is 0. The maximum Gasteiger partial charge on any atom is 0.417 e. The maximum absolute atomic E-state index is 12.9. The number of hydrogen-bond acceptors (Lipinski definition) is 3. The molecule has 0 spiro atoms. The molecule has 0 aromatic carbocycles. The van der Waals surface area contributed by atoms with E-state index in [-0.39, 0.29) is 28.1 Å². The van der Waals surface area contributed by atoms with Crippen LogP contribution >= 0.6 is 0 Å². The van der Waals surface area contributed by atoms with Gasteiger partial charge in [-0.25, -0.2) is 4.98 Å². The molecule has 1 atom stereocenters. The van der Waals surface area contributed by atoms with Crippen molar-refractivity contribution in [2.75, 3.05) is 6.54 Å². The zero-order chi connectivity index (χ0) is 19.4. The molecule has 0 fully saturated rings. The molecular weight excluding hydrogens is 357 g/mol. The van der Waals surface area contributed by atoms with Crippen LogP contribution in [-0.4, -0.2) is 22.4 Å². The number of carbonyl (C=O) groups is 1. The van der Waals surface area contributed by atoms with Crippen molar-refractivity contribution in [1.29, 1.82) is 5.26 Å². The van der Waals surface area contributed by atoms with Crippen LogP contribution in [0.4, 0.5) is 13.2 Å². The Labute approximate surface area is 152 Å². The second kappa shape index (κ2) is 7.50. The van der Waals surface area contributed by atoms with E-state index in [1.54, 1.807) is 6.07 Å². The minimum atomic E-state index is -4.53. The number of hydrogen-bond donors (Lipinski definition) is 2. The SMILES string of the molecule is N#C/C(=C\c1c[nH]c2ncc(C(F)(F)F)cc12)C(=O)NCC1C=CC=CC1. The van der Waals surface area contributed by atoms with Crippen molar-refractivity contribution >= 4 is 23.0 Å². The highest BCUT2D eigenvalue weighted by atomic mass is 19.4. The molecule has 138 valence electrons. The standard InChI is InChI=1S/C19H15F3N4O/c20-19(21,22)15-7-16-14(10-24-17(16)25-11-15)6-13(8-23)18(27)26-9-12-4-2-1-3-5-12/h1-4,6-7,10-12H,5,9H2,(H,24,25)(H,26,27)/b13-6+. The normalized spacial score (nSPS) is 17.1. The highest BCUT2D eigenvalue weighted by Gasteiger charge is 2.31. The molecule has 0 saturated carbocycles. The van der Waals surface area contributed by atoms with Gasteiger partial charge in [-0.15, -0.1) is 0 Å². The van der Waals surface area contributed by atoms with Crippen molar-refractivity contribution in [1.82, 2.24) is 15.3 Å².